The summed E-state index contributed by atoms with van der Waals surface area (Å²) in [4.78, 5) is 42.9. The monoisotopic (exact) mass is 372 g/mol. The molecular weight excluding hydrogens is 344 g/mol. The van der Waals surface area contributed by atoms with Gasteiger partial charge in [0.15, 0.2) is 0 Å². The maximum atomic E-state index is 10.8. The van der Waals surface area contributed by atoms with Crippen LogP contribution >= 0.6 is 0 Å². The Hall–Kier alpha value is -2.12. The highest BCUT2D eigenvalue weighted by atomic mass is 16.4. The lowest BCUT2D eigenvalue weighted by Crippen LogP contribution is -2.34. The van der Waals surface area contributed by atoms with Crippen LogP contribution in [0.3, 0.4) is 0 Å². The molecule has 0 saturated heterocycles. The SMILES string of the molecule is CC1CCC(C(=O)O)C(C(=O)O)C1.CC1CCC(C(=O)O)C(C(=O)O)C1. The highest BCUT2D eigenvalue weighted by molar-refractivity contribution is 5.80. The standard InChI is InChI=1S/2C9H14O4/c2*1-5-2-3-6(8(10)11)7(4-5)9(12)13/h2*5-7H,2-4H2,1H3,(H,10,11)(H,12,13). The minimum Gasteiger partial charge on any atom is -0.481 e. The van der Waals surface area contributed by atoms with Crippen molar-refractivity contribution < 1.29 is 39.6 Å². The summed E-state index contributed by atoms with van der Waals surface area (Å²) in [5.41, 5.74) is 0. The highest BCUT2D eigenvalue weighted by Gasteiger charge is 2.38. The maximum absolute atomic E-state index is 10.8. The van der Waals surface area contributed by atoms with Crippen LogP contribution in [-0.2, 0) is 19.2 Å². The molecule has 0 aromatic rings. The van der Waals surface area contributed by atoms with Gasteiger partial charge in [0.25, 0.3) is 0 Å². The van der Waals surface area contributed by atoms with E-state index in [1.807, 2.05) is 13.8 Å². The quantitative estimate of drug-likeness (QED) is 0.587. The zero-order valence-corrected chi connectivity index (χ0v) is 15.1. The summed E-state index contributed by atoms with van der Waals surface area (Å²) in [7, 11) is 0. The molecule has 2 aliphatic rings. The first-order chi connectivity index (χ1) is 12.0. The van der Waals surface area contributed by atoms with Gasteiger partial charge in [0.05, 0.1) is 23.7 Å². The Morgan fingerprint density at radius 3 is 1.04 bits per heavy atom. The molecule has 26 heavy (non-hydrogen) atoms. The van der Waals surface area contributed by atoms with Crippen molar-refractivity contribution >= 4 is 23.9 Å². The van der Waals surface area contributed by atoms with Crippen molar-refractivity contribution in [2.24, 2.45) is 35.5 Å². The van der Waals surface area contributed by atoms with E-state index < -0.39 is 47.5 Å². The van der Waals surface area contributed by atoms with E-state index >= 15 is 0 Å². The van der Waals surface area contributed by atoms with Crippen molar-refractivity contribution in [2.75, 3.05) is 0 Å². The van der Waals surface area contributed by atoms with Gasteiger partial charge in [0.2, 0.25) is 0 Å². The van der Waals surface area contributed by atoms with Crippen LogP contribution in [-0.4, -0.2) is 44.3 Å². The Kier molecular flexibility index (Phi) is 8.05. The molecule has 2 aliphatic carbocycles. The Morgan fingerprint density at radius 2 is 0.808 bits per heavy atom. The van der Waals surface area contributed by atoms with E-state index in [0.717, 1.165) is 12.8 Å². The van der Waals surface area contributed by atoms with Gasteiger partial charge in [-0.15, -0.1) is 0 Å². The normalized spacial score (nSPS) is 34.1. The van der Waals surface area contributed by atoms with Crippen LogP contribution in [0.25, 0.3) is 0 Å². The van der Waals surface area contributed by atoms with Crippen LogP contribution in [0, 0.1) is 35.5 Å². The second-order valence-corrected chi connectivity index (χ2v) is 7.62. The van der Waals surface area contributed by atoms with Gasteiger partial charge in [-0.1, -0.05) is 13.8 Å². The van der Waals surface area contributed by atoms with Gasteiger partial charge >= 0.3 is 23.9 Å². The van der Waals surface area contributed by atoms with E-state index in [0.29, 0.717) is 37.5 Å². The maximum Gasteiger partial charge on any atom is 0.307 e. The number of aliphatic carboxylic acids is 4. The second kappa shape index (κ2) is 9.54. The zero-order valence-electron chi connectivity index (χ0n) is 15.1. The van der Waals surface area contributed by atoms with Crippen LogP contribution in [0.1, 0.15) is 52.4 Å². The highest BCUT2D eigenvalue weighted by Crippen LogP contribution is 2.34. The molecular formula is C18H28O8. The first-order valence-corrected chi connectivity index (χ1v) is 8.95. The van der Waals surface area contributed by atoms with E-state index in [4.69, 9.17) is 20.4 Å². The van der Waals surface area contributed by atoms with Gasteiger partial charge in [-0.2, -0.15) is 0 Å². The minimum absolute atomic E-state index is 0.330. The Balaban J connectivity index is 0.000000260. The van der Waals surface area contributed by atoms with Gasteiger partial charge in [-0.25, -0.2) is 0 Å². The summed E-state index contributed by atoms with van der Waals surface area (Å²) in [6.45, 7) is 3.93. The molecule has 6 atom stereocenters. The predicted octanol–water partition coefficient (Wildman–Crippen LogP) is 2.42. The van der Waals surface area contributed by atoms with Crippen molar-refractivity contribution in [3.63, 3.8) is 0 Å². The average Bonchev–Trinajstić information content (AvgIpc) is 2.54. The zero-order chi connectivity index (χ0) is 20.0. The lowest BCUT2D eigenvalue weighted by Gasteiger charge is -2.29. The van der Waals surface area contributed by atoms with E-state index in [2.05, 4.69) is 0 Å². The van der Waals surface area contributed by atoms with Crippen molar-refractivity contribution in [3.05, 3.63) is 0 Å². The Bertz CT molecular complexity index is 495. The third-order valence-electron chi connectivity index (χ3n) is 5.49. The molecule has 2 rings (SSSR count). The molecule has 148 valence electrons. The molecule has 6 unspecified atom stereocenters. The topological polar surface area (TPSA) is 149 Å². The molecule has 0 radical (unpaired) electrons. The smallest absolute Gasteiger partial charge is 0.307 e. The van der Waals surface area contributed by atoms with Crippen LogP contribution in [0.2, 0.25) is 0 Å². The van der Waals surface area contributed by atoms with Crippen LogP contribution in [0.5, 0.6) is 0 Å². The van der Waals surface area contributed by atoms with E-state index in [-0.39, 0.29) is 0 Å². The summed E-state index contributed by atoms with van der Waals surface area (Å²) < 4.78 is 0. The van der Waals surface area contributed by atoms with E-state index in [9.17, 15) is 19.2 Å². The molecule has 0 heterocycles. The third-order valence-corrected chi connectivity index (χ3v) is 5.49. The molecule has 0 spiro atoms. The van der Waals surface area contributed by atoms with Crippen molar-refractivity contribution in [1.82, 2.24) is 0 Å². The van der Waals surface area contributed by atoms with Crippen molar-refractivity contribution in [3.8, 4) is 0 Å². The number of rotatable bonds is 4. The first kappa shape index (κ1) is 21.9. The fourth-order valence-corrected chi connectivity index (χ4v) is 3.90. The van der Waals surface area contributed by atoms with Gasteiger partial charge in [-0.05, 0) is 50.4 Å². The first-order valence-electron chi connectivity index (χ1n) is 8.95. The molecule has 4 N–H and O–H groups in total. The number of hydrogen-bond acceptors (Lipinski definition) is 4. The molecule has 0 aromatic heterocycles. The molecule has 8 heteroatoms. The average molecular weight is 372 g/mol. The Labute approximate surface area is 152 Å². The number of carboxylic acids is 4. The molecule has 2 saturated carbocycles. The van der Waals surface area contributed by atoms with Crippen LogP contribution in [0.4, 0.5) is 0 Å². The predicted molar refractivity (Wildman–Crippen MR) is 90.5 cm³/mol. The van der Waals surface area contributed by atoms with Crippen molar-refractivity contribution in [1.29, 1.82) is 0 Å². The van der Waals surface area contributed by atoms with Gasteiger partial charge in [0, 0.05) is 0 Å². The van der Waals surface area contributed by atoms with Gasteiger partial charge in [-0.3, -0.25) is 19.2 Å². The van der Waals surface area contributed by atoms with Crippen LogP contribution < -0.4 is 0 Å². The number of carboxylic acid groups (broad SMARTS) is 4. The summed E-state index contributed by atoms with van der Waals surface area (Å²) in [6, 6.07) is 0. The number of carbonyl (C=O) groups is 4. The van der Waals surface area contributed by atoms with E-state index in [1.165, 1.54) is 0 Å². The number of hydrogen-bond donors (Lipinski definition) is 4. The fourth-order valence-electron chi connectivity index (χ4n) is 3.90. The summed E-state index contributed by atoms with van der Waals surface area (Å²) in [6.07, 6.45) is 3.61. The summed E-state index contributed by atoms with van der Waals surface area (Å²) in [5.74, 6) is -5.99. The molecule has 8 nitrogen and oxygen atoms in total. The lowest BCUT2D eigenvalue weighted by atomic mass is 9.75. The molecule has 2 fully saturated rings. The van der Waals surface area contributed by atoms with Crippen molar-refractivity contribution in [2.45, 2.75) is 52.4 Å². The molecule has 0 amide bonds. The fraction of sp³-hybridized carbons (Fsp3) is 0.778. The lowest BCUT2D eigenvalue weighted by molar-refractivity contribution is -0.156. The Morgan fingerprint density at radius 1 is 0.538 bits per heavy atom. The van der Waals surface area contributed by atoms with Gasteiger partial charge in [0.1, 0.15) is 0 Å². The van der Waals surface area contributed by atoms with Gasteiger partial charge < -0.3 is 20.4 Å². The summed E-state index contributed by atoms with van der Waals surface area (Å²) in [5, 5.41) is 35.2. The largest absolute Gasteiger partial charge is 0.481 e. The molecule has 0 aromatic carbocycles. The van der Waals surface area contributed by atoms with E-state index in [1.54, 1.807) is 0 Å². The second-order valence-electron chi connectivity index (χ2n) is 7.62. The third kappa shape index (κ3) is 6.00. The molecule has 0 bridgehead atoms. The van der Waals surface area contributed by atoms with Crippen LogP contribution in [0.15, 0.2) is 0 Å². The minimum atomic E-state index is -0.973. The summed E-state index contributed by atoms with van der Waals surface area (Å²) >= 11 is 0. The molecule has 0 aliphatic heterocycles.